The molecule has 0 aliphatic carbocycles. The van der Waals surface area contributed by atoms with Crippen LogP contribution in [0.15, 0.2) is 182 Å². The van der Waals surface area contributed by atoms with Crippen LogP contribution in [0.1, 0.15) is 0 Å². The smallest absolute Gasteiger partial charge is 0.434 e. The monoisotopic (exact) mass is 663 g/mol. The summed E-state index contributed by atoms with van der Waals surface area (Å²) in [6, 6.07) is 64.8. The Morgan fingerprint density at radius 2 is 0.981 bits per heavy atom. The Balaban J connectivity index is 0.984. The minimum atomic E-state index is -0.274. The van der Waals surface area contributed by atoms with E-state index in [0.717, 1.165) is 67.2 Å². The van der Waals surface area contributed by atoms with Gasteiger partial charge < -0.3 is 14.0 Å². The van der Waals surface area contributed by atoms with Crippen molar-refractivity contribution in [1.29, 1.82) is 0 Å². The molecule has 0 fully saturated rings. The molecule has 2 aliphatic rings. The van der Waals surface area contributed by atoms with E-state index in [0.29, 0.717) is 0 Å². The van der Waals surface area contributed by atoms with Crippen molar-refractivity contribution >= 4 is 39.6 Å². The second kappa shape index (κ2) is 11.4. The molecule has 52 heavy (non-hydrogen) atoms. The molecular formula is C48H30BNO2. The summed E-state index contributed by atoms with van der Waals surface area (Å²) in [7, 11) is 0. The van der Waals surface area contributed by atoms with Gasteiger partial charge in [-0.2, -0.15) is 0 Å². The van der Waals surface area contributed by atoms with Gasteiger partial charge in [0.15, 0.2) is 0 Å². The lowest BCUT2D eigenvalue weighted by atomic mass is 9.50. The molecule has 4 heteroatoms. The van der Waals surface area contributed by atoms with E-state index >= 15 is 0 Å². The minimum absolute atomic E-state index is 0.274. The fraction of sp³-hybridized carbons (Fsp3) is 0. The van der Waals surface area contributed by atoms with Crippen molar-refractivity contribution in [3.05, 3.63) is 182 Å². The minimum Gasteiger partial charge on any atom is -0.551 e. The van der Waals surface area contributed by atoms with Gasteiger partial charge >= 0.3 is 6.92 Å². The summed E-state index contributed by atoms with van der Waals surface area (Å²) >= 11 is 0. The van der Waals surface area contributed by atoms with Gasteiger partial charge in [-0.15, -0.1) is 0 Å². The summed E-state index contributed by atoms with van der Waals surface area (Å²) in [5.41, 5.74) is 14.9. The summed E-state index contributed by atoms with van der Waals surface area (Å²) in [5.74, 6) is 2.55. The van der Waals surface area contributed by atoms with Crippen LogP contribution in [0.3, 0.4) is 0 Å². The SMILES string of the molecule is c1ccc(-c2cccc(-c3ccc4c(c3)B3Oc5ccc(-c6cccc(-n7c8ccccc8c8ccccc87)c6)cc5-c5cccc(c53)O4)c2)cc1. The van der Waals surface area contributed by atoms with Crippen LogP contribution in [0.4, 0.5) is 0 Å². The maximum Gasteiger partial charge on any atom is 0.434 e. The zero-order chi connectivity index (χ0) is 34.2. The van der Waals surface area contributed by atoms with Gasteiger partial charge in [-0.3, -0.25) is 0 Å². The molecule has 3 heterocycles. The van der Waals surface area contributed by atoms with Crippen LogP contribution in [0.5, 0.6) is 17.2 Å². The molecule has 9 aromatic rings. The average molecular weight is 664 g/mol. The second-order valence-electron chi connectivity index (χ2n) is 13.6. The van der Waals surface area contributed by atoms with E-state index in [1.54, 1.807) is 0 Å². The number of hydrogen-bond acceptors (Lipinski definition) is 2. The molecule has 0 saturated heterocycles. The van der Waals surface area contributed by atoms with Crippen LogP contribution >= 0.6 is 0 Å². The summed E-state index contributed by atoms with van der Waals surface area (Å²) in [4.78, 5) is 0. The molecule has 0 N–H and O–H groups in total. The van der Waals surface area contributed by atoms with Crippen molar-refractivity contribution in [2.75, 3.05) is 0 Å². The Morgan fingerprint density at radius 3 is 1.77 bits per heavy atom. The van der Waals surface area contributed by atoms with Gasteiger partial charge in [0, 0.05) is 32.9 Å². The average Bonchev–Trinajstić information content (AvgIpc) is 3.55. The van der Waals surface area contributed by atoms with Crippen LogP contribution in [0, 0.1) is 0 Å². The van der Waals surface area contributed by atoms with Gasteiger partial charge in [-0.05, 0) is 93.5 Å². The number of nitrogens with zero attached hydrogens (tertiary/aromatic N) is 1. The molecule has 3 nitrogen and oxygen atoms in total. The molecule has 0 atom stereocenters. The number of aromatic nitrogens is 1. The van der Waals surface area contributed by atoms with E-state index in [1.807, 2.05) is 0 Å². The summed E-state index contributed by atoms with van der Waals surface area (Å²) < 4.78 is 15.9. The lowest BCUT2D eigenvalue weighted by Gasteiger charge is -2.33. The Bertz CT molecular complexity index is 2820. The van der Waals surface area contributed by atoms with E-state index in [4.69, 9.17) is 9.39 Å². The largest absolute Gasteiger partial charge is 0.551 e. The highest BCUT2D eigenvalue weighted by Crippen LogP contribution is 2.42. The van der Waals surface area contributed by atoms with Crippen LogP contribution in [-0.2, 0) is 0 Å². The number of rotatable bonds is 4. The van der Waals surface area contributed by atoms with E-state index in [2.05, 4.69) is 187 Å². The van der Waals surface area contributed by atoms with Gasteiger partial charge in [0.1, 0.15) is 17.2 Å². The molecule has 0 radical (unpaired) electrons. The quantitative estimate of drug-likeness (QED) is 0.175. The summed E-state index contributed by atoms with van der Waals surface area (Å²) in [6.07, 6.45) is 0. The third-order valence-electron chi connectivity index (χ3n) is 10.7. The van der Waals surface area contributed by atoms with E-state index in [-0.39, 0.29) is 6.92 Å². The molecular weight excluding hydrogens is 633 g/mol. The number of ether oxygens (including phenoxy) is 1. The Morgan fingerprint density at radius 1 is 0.385 bits per heavy atom. The Hall–Kier alpha value is -6.78. The van der Waals surface area contributed by atoms with Crippen LogP contribution in [-0.4, -0.2) is 11.5 Å². The lowest BCUT2D eigenvalue weighted by molar-refractivity contribution is 0.479. The first-order chi connectivity index (χ1) is 25.8. The molecule has 0 amide bonds. The number of fused-ring (bicyclic) bond motifs is 7. The highest BCUT2D eigenvalue weighted by molar-refractivity contribution is 6.84. The van der Waals surface area contributed by atoms with Gasteiger partial charge in [0.25, 0.3) is 0 Å². The van der Waals surface area contributed by atoms with Crippen molar-refractivity contribution < 1.29 is 9.39 Å². The highest BCUT2D eigenvalue weighted by Gasteiger charge is 2.40. The first kappa shape index (κ1) is 29.0. The first-order valence-corrected chi connectivity index (χ1v) is 17.8. The third-order valence-corrected chi connectivity index (χ3v) is 10.7. The van der Waals surface area contributed by atoms with Crippen molar-refractivity contribution in [2.24, 2.45) is 0 Å². The number of benzene rings is 8. The number of hydrogen-bond donors (Lipinski definition) is 0. The maximum atomic E-state index is 6.94. The van der Waals surface area contributed by atoms with Gasteiger partial charge in [-0.25, -0.2) is 0 Å². The number of para-hydroxylation sites is 2. The third kappa shape index (κ3) is 4.48. The highest BCUT2D eigenvalue weighted by atomic mass is 16.5. The zero-order valence-electron chi connectivity index (χ0n) is 28.2. The van der Waals surface area contributed by atoms with Gasteiger partial charge in [0.05, 0.1) is 11.0 Å². The molecule has 242 valence electrons. The van der Waals surface area contributed by atoms with Crippen LogP contribution < -0.4 is 20.3 Å². The van der Waals surface area contributed by atoms with Crippen LogP contribution in [0.25, 0.3) is 72.0 Å². The van der Waals surface area contributed by atoms with Crippen molar-refractivity contribution in [2.45, 2.75) is 0 Å². The standard InChI is InChI=1S/C48H30BNO2/c1-2-11-31(12-3-1)32-13-8-14-33(27-32)36-24-26-46-42(30-36)49-48-40(19-10-22-47(48)51-46)41-29-35(23-25-45(41)52-49)34-15-9-16-37(28-34)50-43-20-6-4-17-38(43)39-18-5-7-21-44(39)50/h1-30H. The molecule has 0 bridgehead atoms. The molecule has 8 aromatic carbocycles. The summed E-state index contributed by atoms with van der Waals surface area (Å²) in [6.45, 7) is -0.274. The van der Waals surface area contributed by atoms with Crippen molar-refractivity contribution in [1.82, 2.24) is 4.57 Å². The Labute approximate surface area is 302 Å². The molecule has 0 spiro atoms. The van der Waals surface area contributed by atoms with E-state index in [9.17, 15) is 0 Å². The molecule has 11 rings (SSSR count). The second-order valence-corrected chi connectivity index (χ2v) is 13.6. The molecule has 1 aromatic heterocycles. The Kier molecular flexibility index (Phi) is 6.35. The fourth-order valence-corrected chi connectivity index (χ4v) is 8.24. The van der Waals surface area contributed by atoms with Gasteiger partial charge in [-0.1, -0.05) is 127 Å². The fourth-order valence-electron chi connectivity index (χ4n) is 8.24. The lowest BCUT2D eigenvalue weighted by Crippen LogP contribution is -2.53. The summed E-state index contributed by atoms with van der Waals surface area (Å²) in [5, 5.41) is 2.52. The zero-order valence-corrected chi connectivity index (χ0v) is 28.2. The molecule has 2 aliphatic heterocycles. The van der Waals surface area contributed by atoms with Gasteiger partial charge in [0.2, 0.25) is 0 Å². The van der Waals surface area contributed by atoms with E-state index in [1.165, 1.54) is 32.9 Å². The predicted molar refractivity (Wildman–Crippen MR) is 215 cm³/mol. The van der Waals surface area contributed by atoms with Crippen LogP contribution in [0.2, 0.25) is 0 Å². The topological polar surface area (TPSA) is 23.4 Å². The van der Waals surface area contributed by atoms with Crippen molar-refractivity contribution in [3.8, 4) is 67.4 Å². The molecule has 0 unspecified atom stereocenters. The van der Waals surface area contributed by atoms with E-state index < -0.39 is 0 Å². The predicted octanol–water partition coefficient (Wildman–Crippen LogP) is 11.1. The normalized spacial score (nSPS) is 12.5. The van der Waals surface area contributed by atoms with Crippen molar-refractivity contribution in [3.63, 3.8) is 0 Å². The molecule has 0 saturated carbocycles. The first-order valence-electron chi connectivity index (χ1n) is 17.8. The maximum absolute atomic E-state index is 6.94.